The average molecular weight is 294 g/mol. The van der Waals surface area contributed by atoms with Gasteiger partial charge in [-0.1, -0.05) is 41.0 Å². The molecule has 0 aromatic carbocycles. The molecular weight excluding hydrogens is 268 g/mol. The number of aromatic nitrogens is 2. The molecule has 1 amide bonds. The van der Waals surface area contributed by atoms with E-state index in [1.54, 1.807) is 27.0 Å². The van der Waals surface area contributed by atoms with Crippen molar-refractivity contribution < 1.29 is 4.79 Å². The van der Waals surface area contributed by atoms with Crippen molar-refractivity contribution in [3.63, 3.8) is 0 Å². The van der Waals surface area contributed by atoms with Crippen LogP contribution in [0, 0.1) is 12.8 Å². The first-order valence-corrected chi connectivity index (χ1v) is 7.40. The Morgan fingerprint density at radius 2 is 2.05 bits per heavy atom. The van der Waals surface area contributed by atoms with Crippen molar-refractivity contribution in [2.45, 2.75) is 54.4 Å². The first kappa shape index (κ1) is 19.0. The molecule has 2 N–H and O–H groups in total. The maximum Gasteiger partial charge on any atom is 0.278 e. The van der Waals surface area contributed by atoms with Crippen molar-refractivity contribution in [2.75, 3.05) is 5.32 Å². The Morgan fingerprint density at radius 1 is 1.43 bits per heavy atom. The number of amides is 1. The van der Waals surface area contributed by atoms with Gasteiger partial charge in [-0.25, -0.2) is 4.98 Å². The zero-order valence-electron chi connectivity index (χ0n) is 13.8. The van der Waals surface area contributed by atoms with Gasteiger partial charge in [0.25, 0.3) is 5.56 Å². The molecule has 1 rings (SSSR count). The molecule has 1 heterocycles. The second-order valence-corrected chi connectivity index (χ2v) is 4.59. The number of nitrogens with zero attached hydrogens (tertiary/aromatic N) is 2. The molecule has 0 atom stereocenters. The van der Waals surface area contributed by atoms with Gasteiger partial charge in [-0.2, -0.15) is 0 Å². The topological polar surface area (TPSA) is 87.2 Å². The van der Waals surface area contributed by atoms with Crippen LogP contribution in [0.4, 0.5) is 11.6 Å². The van der Waals surface area contributed by atoms with Gasteiger partial charge in [0.15, 0.2) is 0 Å². The molecule has 0 spiro atoms. The van der Waals surface area contributed by atoms with E-state index in [2.05, 4.69) is 20.3 Å². The van der Waals surface area contributed by atoms with Crippen LogP contribution in [-0.2, 0) is 4.79 Å². The Hall–Kier alpha value is -1.98. The van der Waals surface area contributed by atoms with Gasteiger partial charge in [-0.15, -0.1) is 0 Å². The summed E-state index contributed by atoms with van der Waals surface area (Å²) in [6, 6.07) is 0. The van der Waals surface area contributed by atoms with E-state index in [4.69, 9.17) is 0 Å². The third-order valence-electron chi connectivity index (χ3n) is 2.47. The number of H-pyrrole nitrogens is 1. The molecule has 0 radical (unpaired) electrons. The predicted octanol–water partition coefficient (Wildman–Crippen LogP) is 3.20. The molecule has 1 aromatic rings. The molecule has 0 aliphatic carbocycles. The predicted molar refractivity (Wildman–Crippen MR) is 87.5 cm³/mol. The van der Waals surface area contributed by atoms with E-state index in [0.717, 1.165) is 12.8 Å². The highest BCUT2D eigenvalue weighted by atomic mass is 16.2. The summed E-state index contributed by atoms with van der Waals surface area (Å²) >= 11 is 0. The van der Waals surface area contributed by atoms with Crippen molar-refractivity contribution in [3.05, 3.63) is 16.0 Å². The van der Waals surface area contributed by atoms with Crippen LogP contribution in [0.1, 0.15) is 53.2 Å². The molecule has 0 aliphatic heterocycles. The minimum absolute atomic E-state index is 0.163. The van der Waals surface area contributed by atoms with Gasteiger partial charge in [0.05, 0.1) is 5.69 Å². The molecule has 0 aliphatic rings. The van der Waals surface area contributed by atoms with E-state index in [1.165, 1.54) is 0 Å². The second-order valence-electron chi connectivity index (χ2n) is 4.59. The van der Waals surface area contributed by atoms with Gasteiger partial charge >= 0.3 is 0 Å². The number of nitrogens with one attached hydrogen (secondary N) is 2. The number of hydrogen-bond donors (Lipinski definition) is 2. The zero-order valence-corrected chi connectivity index (χ0v) is 13.8. The fourth-order valence-corrected chi connectivity index (χ4v) is 1.34. The van der Waals surface area contributed by atoms with E-state index in [-0.39, 0.29) is 29.0 Å². The van der Waals surface area contributed by atoms with Gasteiger partial charge < -0.3 is 0 Å². The fourth-order valence-electron chi connectivity index (χ4n) is 1.34. The quantitative estimate of drug-likeness (QED) is 0.817. The van der Waals surface area contributed by atoms with Crippen molar-refractivity contribution in [1.29, 1.82) is 0 Å². The van der Waals surface area contributed by atoms with Gasteiger partial charge in [0, 0.05) is 12.1 Å². The number of carbonyl (C=O) groups excluding carboxylic acids is 1. The molecule has 118 valence electrons. The Labute approximate surface area is 126 Å². The monoisotopic (exact) mass is 294 g/mol. The smallest absolute Gasteiger partial charge is 0.278 e. The first-order chi connectivity index (χ1) is 9.95. The highest BCUT2D eigenvalue weighted by molar-refractivity contribution is 5.90. The lowest BCUT2D eigenvalue weighted by Crippen LogP contribution is -2.22. The summed E-state index contributed by atoms with van der Waals surface area (Å²) < 4.78 is 0. The van der Waals surface area contributed by atoms with E-state index >= 15 is 0 Å². The average Bonchev–Trinajstić information content (AvgIpc) is 2.44. The highest BCUT2D eigenvalue weighted by Gasteiger charge is 2.11. The van der Waals surface area contributed by atoms with Crippen molar-refractivity contribution in [1.82, 2.24) is 9.97 Å². The number of rotatable bonds is 5. The lowest BCUT2D eigenvalue weighted by molar-refractivity contribution is -0.118. The Bertz CT molecular complexity index is 533. The zero-order chi connectivity index (χ0) is 16.4. The number of aryl methyl sites for hydroxylation is 1. The maximum absolute atomic E-state index is 11.8. The van der Waals surface area contributed by atoms with E-state index in [1.807, 2.05) is 20.8 Å². The standard InChI is InChI=1S/C13H20N4O2.C2H6/c1-5-6-7-14-10-9(4)15-13(17-12(10)19)16-11(18)8(2)3;1-2/h7-8H,5-6H2,1-4H3,(H2,15,16,17,18,19);1-2H3. The number of aromatic amines is 1. The van der Waals surface area contributed by atoms with Crippen molar-refractivity contribution >= 4 is 23.8 Å². The van der Waals surface area contributed by atoms with Crippen LogP contribution in [0.3, 0.4) is 0 Å². The van der Waals surface area contributed by atoms with Crippen LogP contribution in [-0.4, -0.2) is 22.1 Å². The lowest BCUT2D eigenvalue weighted by atomic mass is 10.2. The highest BCUT2D eigenvalue weighted by Crippen LogP contribution is 2.11. The molecule has 21 heavy (non-hydrogen) atoms. The van der Waals surface area contributed by atoms with Crippen LogP contribution >= 0.6 is 0 Å². The van der Waals surface area contributed by atoms with E-state index < -0.39 is 0 Å². The SMILES string of the molecule is CC.CCCC=Nc1c(C)nc(NC(=O)C(C)C)[nH]c1=O. The van der Waals surface area contributed by atoms with E-state index in [9.17, 15) is 9.59 Å². The van der Waals surface area contributed by atoms with Crippen molar-refractivity contribution in [3.8, 4) is 0 Å². The Kier molecular flexibility index (Phi) is 8.92. The maximum atomic E-state index is 11.8. The van der Waals surface area contributed by atoms with Crippen LogP contribution in [0.15, 0.2) is 9.79 Å². The van der Waals surface area contributed by atoms with Crippen molar-refractivity contribution in [2.24, 2.45) is 10.9 Å². The molecular formula is C15H26N4O2. The van der Waals surface area contributed by atoms with E-state index in [0.29, 0.717) is 5.69 Å². The number of anilines is 1. The number of unbranched alkanes of at least 4 members (excludes halogenated alkanes) is 1. The molecule has 1 aromatic heterocycles. The summed E-state index contributed by atoms with van der Waals surface area (Å²) in [5, 5.41) is 2.56. The van der Waals surface area contributed by atoms with Crippen LogP contribution in [0.2, 0.25) is 0 Å². The molecule has 0 unspecified atom stereocenters. The third-order valence-corrected chi connectivity index (χ3v) is 2.47. The van der Waals surface area contributed by atoms with Crippen LogP contribution in [0.25, 0.3) is 0 Å². The van der Waals surface area contributed by atoms with Crippen LogP contribution < -0.4 is 10.9 Å². The van der Waals surface area contributed by atoms with Gasteiger partial charge in [0.1, 0.15) is 5.69 Å². The summed E-state index contributed by atoms with van der Waals surface area (Å²) in [4.78, 5) is 34.1. The fraction of sp³-hybridized carbons (Fsp3) is 0.600. The molecule has 6 nitrogen and oxygen atoms in total. The van der Waals surface area contributed by atoms with Gasteiger partial charge in [-0.3, -0.25) is 24.9 Å². The molecule has 0 bridgehead atoms. The number of carbonyl (C=O) groups is 1. The summed E-state index contributed by atoms with van der Waals surface area (Å²) in [6.07, 6.45) is 3.48. The second kappa shape index (κ2) is 9.85. The first-order valence-electron chi connectivity index (χ1n) is 7.40. The molecule has 0 saturated heterocycles. The van der Waals surface area contributed by atoms with Gasteiger partial charge in [-0.05, 0) is 13.3 Å². The lowest BCUT2D eigenvalue weighted by Gasteiger charge is -2.07. The summed E-state index contributed by atoms with van der Waals surface area (Å²) in [5.41, 5.74) is 0.435. The number of hydrogen-bond acceptors (Lipinski definition) is 4. The number of aliphatic imine (C=N–C) groups is 1. The summed E-state index contributed by atoms with van der Waals surface area (Å²) in [7, 11) is 0. The third kappa shape index (κ3) is 6.33. The minimum Gasteiger partial charge on any atom is -0.296 e. The summed E-state index contributed by atoms with van der Waals surface area (Å²) in [5.74, 6) is -0.201. The minimum atomic E-state index is -0.348. The molecule has 0 saturated carbocycles. The van der Waals surface area contributed by atoms with Gasteiger partial charge in [0.2, 0.25) is 11.9 Å². The molecule has 6 heteroatoms. The normalized spacial score (nSPS) is 10.4. The summed E-state index contributed by atoms with van der Waals surface area (Å²) in [6.45, 7) is 11.3. The Balaban J connectivity index is 0.00000191. The largest absolute Gasteiger partial charge is 0.296 e. The molecule has 0 fully saturated rings. The Morgan fingerprint density at radius 3 is 2.52 bits per heavy atom. The van der Waals surface area contributed by atoms with Crippen LogP contribution in [0.5, 0.6) is 0 Å².